The Kier molecular flexibility index (Phi) is 12.3. The van der Waals surface area contributed by atoms with Crippen molar-refractivity contribution in [1.29, 1.82) is 0 Å². The average Bonchev–Trinajstić information content (AvgIpc) is 2.40. The van der Waals surface area contributed by atoms with E-state index in [1.54, 1.807) is 0 Å². The van der Waals surface area contributed by atoms with Crippen molar-refractivity contribution in [2.45, 2.75) is 4.90 Å². The van der Waals surface area contributed by atoms with Crippen molar-refractivity contribution in [3.05, 3.63) is 65.7 Å². The van der Waals surface area contributed by atoms with E-state index >= 15 is 0 Å². The van der Waals surface area contributed by atoms with Crippen LogP contribution in [0.15, 0.2) is 59.5 Å². The molecule has 0 saturated carbocycles. The Bertz CT molecular complexity index is 545. The number of carbonyl (C=O) groups is 2. The summed E-state index contributed by atoms with van der Waals surface area (Å²) in [4.78, 5) is 21.6. The van der Waals surface area contributed by atoms with Gasteiger partial charge in [-0.3, -0.25) is 0 Å². The van der Waals surface area contributed by atoms with Crippen LogP contribution in [0, 0.1) is 0 Å². The summed E-state index contributed by atoms with van der Waals surface area (Å²) in [6.07, 6.45) is 0. The number of carboxylic acids is 2. The molecule has 2 rings (SSSR count). The zero-order chi connectivity index (χ0) is 14.3. The first kappa shape index (κ1) is 22.2. The molecule has 0 aliphatic heterocycles. The summed E-state index contributed by atoms with van der Waals surface area (Å²) in [7, 11) is 0. The third-order valence-corrected chi connectivity index (χ3v) is 2.44. The van der Waals surface area contributed by atoms with Crippen LogP contribution in [-0.2, 0) is 12.6 Å². The molecule has 0 aromatic heterocycles. The SMILES string of the molecule is O=C([O-])c1cccc(C(=O)[O-])c1.[Ca+2].[OH-].[SH2+]c1ccccc1. The Morgan fingerprint density at radius 1 is 0.810 bits per heavy atom. The molecule has 0 bridgehead atoms. The van der Waals surface area contributed by atoms with Gasteiger partial charge in [0, 0.05) is 0 Å². The number of aromatic carboxylic acids is 2. The number of hydrogen-bond donors (Lipinski definition) is 0. The molecule has 0 radical (unpaired) electrons. The monoisotopic (exact) mass is 332 g/mol. The predicted molar refractivity (Wildman–Crippen MR) is 77.7 cm³/mol. The van der Waals surface area contributed by atoms with Crippen molar-refractivity contribution < 1.29 is 25.3 Å². The molecule has 21 heavy (non-hydrogen) atoms. The van der Waals surface area contributed by atoms with Crippen LogP contribution in [0.3, 0.4) is 0 Å². The van der Waals surface area contributed by atoms with Gasteiger partial charge in [0.05, 0.1) is 11.9 Å². The maximum absolute atomic E-state index is 10.3. The van der Waals surface area contributed by atoms with Crippen LogP contribution in [0.4, 0.5) is 0 Å². The quantitative estimate of drug-likeness (QED) is 0.513. The molecule has 7 heteroatoms. The van der Waals surface area contributed by atoms with Crippen molar-refractivity contribution in [1.82, 2.24) is 0 Å². The van der Waals surface area contributed by atoms with Gasteiger partial charge in [0.15, 0.2) is 0 Å². The van der Waals surface area contributed by atoms with Gasteiger partial charge in [0.1, 0.15) is 4.90 Å². The second kappa shape index (κ2) is 11.6. The van der Waals surface area contributed by atoms with Crippen molar-refractivity contribution in [3.8, 4) is 0 Å². The molecular weight excluding hydrogens is 320 g/mol. The number of carboxylic acid groups (broad SMARTS) is 2. The fraction of sp³-hybridized carbons (Fsp3) is 0. The Labute approximate surface area is 157 Å². The molecule has 1 N–H and O–H groups in total. The normalized spacial score (nSPS) is 8.24. The molecule has 0 unspecified atom stereocenters. The topological polar surface area (TPSA) is 110 Å². The van der Waals surface area contributed by atoms with Crippen LogP contribution >= 0.6 is 0 Å². The van der Waals surface area contributed by atoms with Gasteiger partial charge < -0.3 is 25.3 Å². The van der Waals surface area contributed by atoms with Crippen LogP contribution in [0.2, 0.25) is 0 Å². The summed E-state index contributed by atoms with van der Waals surface area (Å²) in [6.45, 7) is 0. The standard InChI is InChI=1S/C8H6O4.C6H6S.Ca.H2O/c9-7(10)5-2-1-3-6(4-5)8(11)12;7-6-4-2-1-3-5-6;;/h1-4H,(H,9,10)(H,11,12);1-5,7H;;1H2/q;;+2;/p-2. The van der Waals surface area contributed by atoms with E-state index in [2.05, 4.69) is 12.6 Å². The molecule has 0 spiro atoms. The van der Waals surface area contributed by atoms with E-state index in [1.807, 2.05) is 30.3 Å². The van der Waals surface area contributed by atoms with E-state index in [1.165, 1.54) is 18.2 Å². The molecule has 0 heterocycles. The van der Waals surface area contributed by atoms with Crippen LogP contribution in [0.25, 0.3) is 0 Å². The molecule has 0 amide bonds. The maximum atomic E-state index is 10.3. The fourth-order valence-electron chi connectivity index (χ4n) is 1.21. The van der Waals surface area contributed by atoms with E-state index in [-0.39, 0.29) is 54.3 Å². The molecule has 5 nitrogen and oxygen atoms in total. The second-order valence-electron chi connectivity index (χ2n) is 3.52. The number of benzene rings is 2. The largest absolute Gasteiger partial charge is 2.00 e. The first-order valence-electron chi connectivity index (χ1n) is 5.30. The van der Waals surface area contributed by atoms with Crippen LogP contribution in [-0.4, -0.2) is 55.2 Å². The number of hydrogen-bond acceptors (Lipinski definition) is 5. The Balaban J connectivity index is 0. The van der Waals surface area contributed by atoms with Gasteiger partial charge in [-0.1, -0.05) is 36.4 Å². The van der Waals surface area contributed by atoms with Gasteiger partial charge in [0.2, 0.25) is 0 Å². The van der Waals surface area contributed by atoms with Gasteiger partial charge in [-0.25, -0.2) is 0 Å². The van der Waals surface area contributed by atoms with Crippen LogP contribution in [0.5, 0.6) is 0 Å². The van der Waals surface area contributed by atoms with Crippen molar-refractivity contribution in [3.63, 3.8) is 0 Å². The molecule has 0 atom stereocenters. The maximum Gasteiger partial charge on any atom is 2.00 e. The molecule has 0 saturated heterocycles. The van der Waals surface area contributed by atoms with E-state index < -0.39 is 11.9 Å². The van der Waals surface area contributed by atoms with Gasteiger partial charge in [-0.05, 0) is 42.0 Å². The van der Waals surface area contributed by atoms with Crippen molar-refractivity contribution in [2.75, 3.05) is 0 Å². The van der Waals surface area contributed by atoms with Gasteiger partial charge >= 0.3 is 37.7 Å². The zero-order valence-electron chi connectivity index (χ0n) is 11.0. The first-order valence-corrected chi connectivity index (χ1v) is 5.80. The van der Waals surface area contributed by atoms with Gasteiger partial charge in [-0.15, -0.1) is 0 Å². The zero-order valence-corrected chi connectivity index (χ0v) is 14.2. The van der Waals surface area contributed by atoms with Crippen molar-refractivity contribution in [2.24, 2.45) is 0 Å². The molecular formula is C14H12CaO5S. The first-order chi connectivity index (χ1) is 9.00. The summed E-state index contributed by atoms with van der Waals surface area (Å²) in [5, 5.41) is 20.5. The van der Waals surface area contributed by atoms with Crippen molar-refractivity contribution >= 4 is 62.3 Å². The summed E-state index contributed by atoms with van der Waals surface area (Å²) in [5.41, 5.74) is -0.339. The Hall–Kier alpha value is -1.05. The molecule has 0 aliphatic carbocycles. The minimum atomic E-state index is -1.40. The van der Waals surface area contributed by atoms with E-state index in [0.717, 1.165) is 11.0 Å². The minimum Gasteiger partial charge on any atom is -0.870 e. The second-order valence-corrected chi connectivity index (χ2v) is 4.10. The van der Waals surface area contributed by atoms with Gasteiger partial charge in [0.25, 0.3) is 0 Å². The van der Waals surface area contributed by atoms with Crippen LogP contribution in [0.1, 0.15) is 20.7 Å². The van der Waals surface area contributed by atoms with E-state index in [0.29, 0.717) is 0 Å². The third kappa shape index (κ3) is 8.75. The molecule has 0 fully saturated rings. The molecule has 2 aromatic carbocycles. The smallest absolute Gasteiger partial charge is 0.870 e. The molecule has 106 valence electrons. The average molecular weight is 332 g/mol. The number of carbonyl (C=O) groups excluding carboxylic acids is 2. The minimum absolute atomic E-state index is 0. The van der Waals surface area contributed by atoms with Gasteiger partial charge in [-0.2, -0.15) is 0 Å². The summed E-state index contributed by atoms with van der Waals surface area (Å²) in [6, 6.07) is 14.8. The summed E-state index contributed by atoms with van der Waals surface area (Å²) >= 11 is 3.36. The number of rotatable bonds is 2. The summed E-state index contributed by atoms with van der Waals surface area (Å²) in [5.74, 6) is -2.81. The Morgan fingerprint density at radius 2 is 1.24 bits per heavy atom. The summed E-state index contributed by atoms with van der Waals surface area (Å²) < 4.78 is 0. The van der Waals surface area contributed by atoms with Crippen LogP contribution < -0.4 is 10.2 Å². The fourth-order valence-corrected chi connectivity index (χ4v) is 1.40. The molecule has 0 aliphatic rings. The van der Waals surface area contributed by atoms with E-state index in [9.17, 15) is 19.8 Å². The predicted octanol–water partition coefficient (Wildman–Crippen LogP) is -1.09. The van der Waals surface area contributed by atoms with E-state index in [4.69, 9.17) is 0 Å². The Morgan fingerprint density at radius 3 is 1.52 bits per heavy atom. The molecule has 2 aromatic rings. The third-order valence-electron chi connectivity index (χ3n) is 2.11.